The number of hydrogen-bond acceptors (Lipinski definition) is 7. The van der Waals surface area contributed by atoms with Crippen molar-refractivity contribution in [1.29, 1.82) is 0 Å². The zero-order chi connectivity index (χ0) is 26.4. The third-order valence-electron chi connectivity index (χ3n) is 6.21. The van der Waals surface area contributed by atoms with Gasteiger partial charge in [-0.15, -0.1) is 0 Å². The van der Waals surface area contributed by atoms with Gasteiger partial charge in [0.25, 0.3) is 0 Å². The van der Waals surface area contributed by atoms with Crippen molar-refractivity contribution < 1.29 is 33.7 Å². The molecular formula is C28H52O7. The fourth-order valence-corrected chi connectivity index (χ4v) is 3.90. The molecule has 0 fully saturated rings. The van der Waals surface area contributed by atoms with Crippen LogP contribution in [0.2, 0.25) is 0 Å². The average molecular weight is 501 g/mol. The Balaban J connectivity index is 5.40. The van der Waals surface area contributed by atoms with Gasteiger partial charge in [0.15, 0.2) is 5.60 Å². The number of ether oxygens (including phenoxy) is 3. The van der Waals surface area contributed by atoms with E-state index in [1.54, 1.807) is 0 Å². The van der Waals surface area contributed by atoms with E-state index in [1.807, 2.05) is 6.92 Å². The van der Waals surface area contributed by atoms with Crippen LogP contribution >= 0.6 is 0 Å². The lowest BCUT2D eigenvalue weighted by Crippen LogP contribution is -2.52. The first-order chi connectivity index (χ1) is 16.9. The summed E-state index contributed by atoms with van der Waals surface area (Å²) in [6.45, 7) is 8.84. The zero-order valence-electron chi connectivity index (χ0n) is 22.9. The predicted octanol–water partition coefficient (Wildman–Crippen LogP) is 6.28. The average Bonchev–Trinajstić information content (AvgIpc) is 2.83. The number of unbranched alkanes of at least 4 members (excludes halogenated alkanes) is 10. The lowest BCUT2D eigenvalue weighted by Gasteiger charge is -2.32. The van der Waals surface area contributed by atoms with Crippen molar-refractivity contribution in [3.05, 3.63) is 0 Å². The Bertz CT molecular complexity index is 564. The molecule has 0 saturated heterocycles. The molecule has 206 valence electrons. The molecule has 0 rings (SSSR count). The van der Waals surface area contributed by atoms with Crippen LogP contribution in [0.4, 0.5) is 0 Å². The van der Waals surface area contributed by atoms with Crippen LogP contribution in [0, 0.1) is 5.92 Å². The van der Waals surface area contributed by atoms with Gasteiger partial charge in [0.05, 0.1) is 32.2 Å². The summed E-state index contributed by atoms with van der Waals surface area (Å²) < 4.78 is 16.1. The highest BCUT2D eigenvalue weighted by Gasteiger charge is 2.51. The van der Waals surface area contributed by atoms with Gasteiger partial charge in [0, 0.05) is 0 Å². The molecule has 0 aliphatic rings. The van der Waals surface area contributed by atoms with Crippen LogP contribution in [0.3, 0.4) is 0 Å². The fourth-order valence-electron chi connectivity index (χ4n) is 3.90. The van der Waals surface area contributed by atoms with Gasteiger partial charge in [0.2, 0.25) is 0 Å². The van der Waals surface area contributed by atoms with Crippen molar-refractivity contribution in [2.45, 2.75) is 136 Å². The second kappa shape index (κ2) is 21.6. The number of rotatable bonds is 23. The van der Waals surface area contributed by atoms with E-state index >= 15 is 0 Å². The van der Waals surface area contributed by atoms with Crippen LogP contribution in [-0.4, -0.2) is 48.4 Å². The zero-order valence-corrected chi connectivity index (χ0v) is 22.9. The Hall–Kier alpha value is -1.63. The van der Waals surface area contributed by atoms with Crippen LogP contribution in [0.25, 0.3) is 0 Å². The molecule has 0 amide bonds. The minimum absolute atomic E-state index is 0.139. The number of aliphatic hydroxyl groups is 1. The number of hydrogen-bond donors (Lipinski definition) is 1. The van der Waals surface area contributed by atoms with E-state index in [1.165, 1.54) is 0 Å². The SMILES string of the molecule is CCCCCCOC(=O)CC(O)(C(=O)OCCCCCC)C(CCCC)C(=O)OCCCCCC. The minimum Gasteiger partial charge on any atom is -0.466 e. The quantitative estimate of drug-likeness (QED) is 0.100. The fraction of sp³-hybridized carbons (Fsp3) is 0.893. The molecule has 7 nitrogen and oxygen atoms in total. The van der Waals surface area contributed by atoms with Crippen molar-refractivity contribution in [2.75, 3.05) is 19.8 Å². The van der Waals surface area contributed by atoms with Crippen molar-refractivity contribution in [3.63, 3.8) is 0 Å². The number of esters is 3. The summed E-state index contributed by atoms with van der Waals surface area (Å²) in [5.74, 6) is -3.48. The van der Waals surface area contributed by atoms with Crippen LogP contribution < -0.4 is 0 Å². The molecule has 0 aromatic heterocycles. The Labute approximate surface area is 213 Å². The maximum atomic E-state index is 13.1. The normalized spacial score (nSPS) is 13.6. The van der Waals surface area contributed by atoms with Crippen molar-refractivity contribution in [1.82, 2.24) is 0 Å². The van der Waals surface area contributed by atoms with Crippen LogP contribution in [-0.2, 0) is 28.6 Å². The molecule has 0 aliphatic heterocycles. The summed E-state index contributed by atoms with van der Waals surface area (Å²) in [6.07, 6.45) is 12.2. The Kier molecular flexibility index (Phi) is 20.6. The standard InChI is InChI=1S/C28H52O7/c1-5-9-13-16-20-33-25(29)23-28(32,27(31)35-22-18-15-11-7-3)24(19-12-8-4)26(30)34-21-17-14-10-6-2/h24,32H,5-23H2,1-4H3. The number of carbonyl (C=O) groups excluding carboxylic acids is 3. The highest BCUT2D eigenvalue weighted by molar-refractivity contribution is 5.91. The Morgan fingerprint density at radius 2 is 1.09 bits per heavy atom. The first-order valence-electron chi connectivity index (χ1n) is 14.1. The Morgan fingerprint density at radius 3 is 1.57 bits per heavy atom. The molecule has 0 aromatic carbocycles. The molecule has 0 radical (unpaired) electrons. The predicted molar refractivity (Wildman–Crippen MR) is 138 cm³/mol. The van der Waals surface area contributed by atoms with Gasteiger partial charge in [-0.3, -0.25) is 9.59 Å². The van der Waals surface area contributed by atoms with Gasteiger partial charge in [-0.2, -0.15) is 0 Å². The van der Waals surface area contributed by atoms with Gasteiger partial charge < -0.3 is 19.3 Å². The van der Waals surface area contributed by atoms with Gasteiger partial charge >= 0.3 is 17.9 Å². The van der Waals surface area contributed by atoms with E-state index in [9.17, 15) is 19.5 Å². The van der Waals surface area contributed by atoms with Crippen molar-refractivity contribution in [2.24, 2.45) is 5.92 Å². The van der Waals surface area contributed by atoms with E-state index in [4.69, 9.17) is 14.2 Å². The molecule has 0 heterocycles. The van der Waals surface area contributed by atoms with E-state index in [0.717, 1.165) is 77.0 Å². The Morgan fingerprint density at radius 1 is 0.629 bits per heavy atom. The van der Waals surface area contributed by atoms with E-state index < -0.39 is 35.8 Å². The lowest BCUT2D eigenvalue weighted by atomic mass is 9.81. The summed E-state index contributed by atoms with van der Waals surface area (Å²) in [6, 6.07) is 0. The second-order valence-electron chi connectivity index (χ2n) is 9.50. The summed E-state index contributed by atoms with van der Waals surface area (Å²) >= 11 is 0. The lowest BCUT2D eigenvalue weighted by molar-refractivity contribution is -0.187. The topological polar surface area (TPSA) is 99.1 Å². The number of carbonyl (C=O) groups is 3. The first kappa shape index (κ1) is 33.4. The maximum absolute atomic E-state index is 13.1. The van der Waals surface area contributed by atoms with E-state index in [0.29, 0.717) is 12.8 Å². The molecule has 0 spiro atoms. The maximum Gasteiger partial charge on any atom is 0.339 e. The molecule has 35 heavy (non-hydrogen) atoms. The molecular weight excluding hydrogens is 448 g/mol. The molecule has 7 heteroatoms. The summed E-state index contributed by atoms with van der Waals surface area (Å²) in [4.78, 5) is 38.7. The smallest absolute Gasteiger partial charge is 0.339 e. The molecule has 0 aliphatic carbocycles. The molecule has 2 atom stereocenters. The molecule has 0 saturated carbocycles. The molecule has 0 bridgehead atoms. The van der Waals surface area contributed by atoms with Crippen molar-refractivity contribution in [3.8, 4) is 0 Å². The monoisotopic (exact) mass is 500 g/mol. The van der Waals surface area contributed by atoms with Gasteiger partial charge in [-0.1, -0.05) is 98.3 Å². The summed E-state index contributed by atoms with van der Waals surface area (Å²) in [5, 5.41) is 11.5. The first-order valence-corrected chi connectivity index (χ1v) is 14.1. The van der Waals surface area contributed by atoms with Crippen LogP contribution in [0.1, 0.15) is 130 Å². The van der Waals surface area contributed by atoms with Gasteiger partial charge in [-0.25, -0.2) is 4.79 Å². The molecule has 1 N–H and O–H groups in total. The van der Waals surface area contributed by atoms with Gasteiger partial charge in [0.1, 0.15) is 0 Å². The van der Waals surface area contributed by atoms with Crippen LogP contribution in [0.5, 0.6) is 0 Å². The molecule has 0 aromatic rings. The summed E-state index contributed by atoms with van der Waals surface area (Å²) in [5.41, 5.74) is -2.30. The minimum atomic E-state index is -2.30. The van der Waals surface area contributed by atoms with Gasteiger partial charge in [-0.05, 0) is 25.7 Å². The summed E-state index contributed by atoms with van der Waals surface area (Å²) in [7, 11) is 0. The second-order valence-corrected chi connectivity index (χ2v) is 9.50. The highest BCUT2D eigenvalue weighted by Crippen LogP contribution is 2.30. The van der Waals surface area contributed by atoms with Crippen LogP contribution in [0.15, 0.2) is 0 Å². The largest absolute Gasteiger partial charge is 0.466 e. The van der Waals surface area contributed by atoms with E-state index in [-0.39, 0.29) is 26.2 Å². The molecule has 2 unspecified atom stereocenters. The van der Waals surface area contributed by atoms with E-state index in [2.05, 4.69) is 20.8 Å². The van der Waals surface area contributed by atoms with Crippen molar-refractivity contribution >= 4 is 17.9 Å². The third kappa shape index (κ3) is 15.2. The highest BCUT2D eigenvalue weighted by atomic mass is 16.6. The third-order valence-corrected chi connectivity index (χ3v) is 6.21.